The van der Waals surface area contributed by atoms with E-state index in [9.17, 15) is 4.79 Å². The molecule has 2 aromatic carbocycles. The first-order valence-corrected chi connectivity index (χ1v) is 11.7. The summed E-state index contributed by atoms with van der Waals surface area (Å²) in [7, 11) is 0. The molecule has 2 aliphatic rings. The number of nitrogens with one attached hydrogen (secondary N) is 2. The Balaban J connectivity index is 1.37. The zero-order valence-corrected chi connectivity index (χ0v) is 19.6. The molecule has 8 nitrogen and oxygen atoms in total. The molecule has 175 valence electrons. The monoisotopic (exact) mass is 465 g/mol. The zero-order chi connectivity index (χ0) is 23.9. The Morgan fingerprint density at radius 1 is 1.17 bits per heavy atom. The molecule has 4 heterocycles. The van der Waals surface area contributed by atoms with Gasteiger partial charge in [0, 0.05) is 41.6 Å². The van der Waals surface area contributed by atoms with E-state index in [-0.39, 0.29) is 12.0 Å². The third-order valence-corrected chi connectivity index (χ3v) is 6.49. The molecule has 8 heteroatoms. The minimum atomic E-state index is -0.302. The summed E-state index contributed by atoms with van der Waals surface area (Å²) in [6.07, 6.45) is 5.39. The third kappa shape index (κ3) is 4.02. The van der Waals surface area contributed by atoms with Crippen molar-refractivity contribution in [2.75, 3.05) is 29.9 Å². The number of benzene rings is 2. The molecule has 4 aromatic rings. The summed E-state index contributed by atoms with van der Waals surface area (Å²) in [5.74, 6) is 0.191. The van der Waals surface area contributed by atoms with Gasteiger partial charge in [-0.15, -0.1) is 0 Å². The molecule has 1 atom stereocenters. The van der Waals surface area contributed by atoms with Crippen molar-refractivity contribution in [3.05, 3.63) is 71.6 Å². The van der Waals surface area contributed by atoms with Crippen LogP contribution in [0.25, 0.3) is 28.2 Å². The van der Waals surface area contributed by atoms with Crippen LogP contribution in [0.5, 0.6) is 0 Å². The molecule has 2 aromatic heterocycles. The number of ether oxygens (including phenoxy) is 1. The van der Waals surface area contributed by atoms with Gasteiger partial charge in [0.2, 0.25) is 0 Å². The Morgan fingerprint density at radius 2 is 2.09 bits per heavy atom. The molecular formula is C27H25N6O2. The number of carbonyl (C=O) groups is 1. The molecule has 1 radical (unpaired) electrons. The van der Waals surface area contributed by atoms with Gasteiger partial charge in [-0.25, -0.2) is 10.3 Å². The maximum Gasteiger partial charge on any atom is 0.281 e. The Hall–Kier alpha value is -4.17. The number of aromatic amines is 1. The molecule has 2 aliphatic heterocycles. The van der Waals surface area contributed by atoms with Gasteiger partial charge in [-0.05, 0) is 61.4 Å². The number of nitrogens with zero attached hydrogens (tertiary/aromatic N) is 4. The molecule has 0 saturated carbocycles. The maximum atomic E-state index is 12.7. The number of rotatable bonds is 4. The second-order valence-corrected chi connectivity index (χ2v) is 9.00. The number of hydrogen-bond acceptors (Lipinski definition) is 6. The van der Waals surface area contributed by atoms with Gasteiger partial charge < -0.3 is 15.0 Å². The van der Waals surface area contributed by atoms with E-state index < -0.39 is 0 Å². The molecule has 1 saturated heterocycles. The van der Waals surface area contributed by atoms with Crippen LogP contribution in [-0.4, -0.2) is 46.9 Å². The fourth-order valence-corrected chi connectivity index (χ4v) is 4.77. The van der Waals surface area contributed by atoms with Crippen LogP contribution in [0.2, 0.25) is 0 Å². The van der Waals surface area contributed by atoms with Gasteiger partial charge in [-0.2, -0.15) is 5.10 Å². The van der Waals surface area contributed by atoms with Crippen molar-refractivity contribution >= 4 is 40.1 Å². The molecule has 0 unspecified atom stereocenters. The van der Waals surface area contributed by atoms with Crippen LogP contribution in [0.3, 0.4) is 0 Å². The number of aryl methyl sites for hydroxylation is 1. The second kappa shape index (κ2) is 8.56. The lowest BCUT2D eigenvalue weighted by molar-refractivity contribution is 0.0532. The van der Waals surface area contributed by atoms with Crippen LogP contribution < -0.4 is 15.5 Å². The highest BCUT2D eigenvalue weighted by molar-refractivity contribution is 6.05. The predicted molar refractivity (Wildman–Crippen MR) is 137 cm³/mol. The molecular weight excluding hydrogens is 440 g/mol. The first kappa shape index (κ1) is 21.4. The lowest BCUT2D eigenvalue weighted by Crippen LogP contribution is -2.41. The number of aromatic nitrogens is 3. The van der Waals surface area contributed by atoms with E-state index in [4.69, 9.17) is 9.72 Å². The van der Waals surface area contributed by atoms with Crippen LogP contribution in [0.15, 0.2) is 54.9 Å². The van der Waals surface area contributed by atoms with Crippen LogP contribution in [-0.2, 0) is 4.74 Å². The Labute approximate surface area is 203 Å². The van der Waals surface area contributed by atoms with Gasteiger partial charge in [-0.3, -0.25) is 9.89 Å². The lowest BCUT2D eigenvalue weighted by Gasteiger charge is -2.34. The first-order valence-electron chi connectivity index (χ1n) is 11.7. The van der Waals surface area contributed by atoms with Crippen LogP contribution >= 0.6 is 0 Å². The fraction of sp³-hybridized carbons (Fsp3) is 0.222. The Bertz CT molecular complexity index is 1470. The summed E-state index contributed by atoms with van der Waals surface area (Å²) < 4.78 is 5.69. The summed E-state index contributed by atoms with van der Waals surface area (Å²) in [4.78, 5) is 19.9. The average molecular weight is 466 g/mol. The highest BCUT2D eigenvalue weighted by atomic mass is 16.5. The summed E-state index contributed by atoms with van der Waals surface area (Å²) in [6.45, 7) is 6.67. The standard InChI is InChI=1S/C27H25N6O2/c1-16-11-21(5-6-24(16)33-9-10-35-17(2)15-33)30-26-25-19(7-8-28-27(25)34)13-22(31-26)18-3-4-20-14-29-32-23(20)12-18/h3-8,11-14,17H,9-10,15H2,1-2H3,(H,29,32)(H,30,31)/t17-/m1/s1. The number of pyridine rings is 1. The normalized spacial score (nSPS) is 17.4. The van der Waals surface area contributed by atoms with E-state index >= 15 is 0 Å². The number of hydrogen-bond donors (Lipinski definition) is 2. The van der Waals surface area contributed by atoms with Gasteiger partial charge in [-0.1, -0.05) is 12.1 Å². The molecule has 2 N–H and O–H groups in total. The quantitative estimate of drug-likeness (QED) is 0.456. The number of anilines is 3. The predicted octanol–water partition coefficient (Wildman–Crippen LogP) is 4.63. The van der Waals surface area contributed by atoms with Crippen LogP contribution in [0, 0.1) is 6.92 Å². The van der Waals surface area contributed by atoms with Gasteiger partial charge in [0.25, 0.3) is 5.91 Å². The largest absolute Gasteiger partial charge is 0.375 e. The van der Waals surface area contributed by atoms with E-state index in [2.05, 4.69) is 51.7 Å². The number of H-pyrrole nitrogens is 1. The van der Waals surface area contributed by atoms with Crippen molar-refractivity contribution in [2.45, 2.75) is 20.0 Å². The van der Waals surface area contributed by atoms with Gasteiger partial charge in [0.15, 0.2) is 0 Å². The smallest absolute Gasteiger partial charge is 0.281 e. The van der Waals surface area contributed by atoms with Crippen LogP contribution in [0.4, 0.5) is 17.2 Å². The van der Waals surface area contributed by atoms with E-state index in [1.807, 2.05) is 36.4 Å². The first-order chi connectivity index (χ1) is 17.0. The molecule has 0 spiro atoms. The molecule has 1 amide bonds. The molecule has 0 bridgehead atoms. The van der Waals surface area contributed by atoms with E-state index in [1.165, 1.54) is 5.69 Å². The van der Waals surface area contributed by atoms with E-state index in [0.29, 0.717) is 11.4 Å². The van der Waals surface area contributed by atoms with Crippen molar-refractivity contribution in [1.82, 2.24) is 20.5 Å². The van der Waals surface area contributed by atoms with Crippen molar-refractivity contribution < 1.29 is 9.53 Å². The molecule has 6 rings (SSSR count). The number of fused-ring (bicyclic) bond motifs is 2. The van der Waals surface area contributed by atoms with E-state index in [0.717, 1.165) is 58.7 Å². The highest BCUT2D eigenvalue weighted by Gasteiger charge is 2.23. The van der Waals surface area contributed by atoms with Crippen molar-refractivity contribution in [1.29, 1.82) is 0 Å². The summed E-state index contributed by atoms with van der Waals surface area (Å²) in [6, 6.07) is 14.2. The fourth-order valence-electron chi connectivity index (χ4n) is 4.77. The minimum absolute atomic E-state index is 0.211. The second-order valence-electron chi connectivity index (χ2n) is 9.00. The van der Waals surface area contributed by atoms with Gasteiger partial charge >= 0.3 is 0 Å². The Morgan fingerprint density at radius 3 is 2.94 bits per heavy atom. The maximum absolute atomic E-state index is 12.7. The molecule has 1 fully saturated rings. The Kier molecular flexibility index (Phi) is 5.22. The molecule has 0 aliphatic carbocycles. The van der Waals surface area contributed by atoms with Crippen LogP contribution in [0.1, 0.15) is 28.4 Å². The number of amides is 1. The summed E-state index contributed by atoms with van der Waals surface area (Å²) >= 11 is 0. The lowest BCUT2D eigenvalue weighted by atomic mass is 10.0. The van der Waals surface area contributed by atoms with Gasteiger partial charge in [0.05, 0.1) is 35.7 Å². The van der Waals surface area contributed by atoms with Crippen molar-refractivity contribution in [2.24, 2.45) is 0 Å². The van der Waals surface area contributed by atoms with Crippen molar-refractivity contribution in [3.63, 3.8) is 0 Å². The zero-order valence-electron chi connectivity index (χ0n) is 19.6. The molecule has 35 heavy (non-hydrogen) atoms. The third-order valence-electron chi connectivity index (χ3n) is 6.49. The van der Waals surface area contributed by atoms with Gasteiger partial charge in [0.1, 0.15) is 5.82 Å². The highest BCUT2D eigenvalue weighted by Crippen LogP contribution is 2.33. The minimum Gasteiger partial charge on any atom is -0.375 e. The summed E-state index contributed by atoms with van der Waals surface area (Å²) in [5.41, 5.74) is 7.10. The number of carbonyl (C=O) groups excluding carboxylic acids is 1. The van der Waals surface area contributed by atoms with E-state index in [1.54, 1.807) is 12.4 Å². The summed E-state index contributed by atoms with van der Waals surface area (Å²) in [5, 5.41) is 15.5. The van der Waals surface area contributed by atoms with Crippen molar-refractivity contribution in [3.8, 4) is 11.3 Å². The topological polar surface area (TPSA) is 97.2 Å². The average Bonchev–Trinajstić information content (AvgIpc) is 3.32. The SMILES string of the molecule is Cc1cc(Nc2nc(-c3ccc4cn[nH]c4c3)cc3c2C(=O)[N]C=C3)ccc1N1CCO[C@H](C)C1. The number of morpholine rings is 1.